The van der Waals surface area contributed by atoms with Crippen molar-refractivity contribution in [1.29, 1.82) is 5.26 Å². The molecule has 3 rings (SSSR count). The Labute approximate surface area is 127 Å². The maximum atomic E-state index is 11.7. The number of hydrogen-bond acceptors (Lipinski definition) is 3. The number of fused-ring (bicyclic) bond motifs is 1. The predicted molar refractivity (Wildman–Crippen MR) is 80.3 cm³/mol. The molecule has 104 valence electrons. The summed E-state index contributed by atoms with van der Waals surface area (Å²) in [5.74, 6) is -0.514. The van der Waals surface area contributed by atoms with Gasteiger partial charge in [-0.15, -0.1) is 0 Å². The van der Waals surface area contributed by atoms with E-state index in [1.54, 1.807) is 23.1 Å². The summed E-state index contributed by atoms with van der Waals surface area (Å²) < 4.78 is 0. The first-order chi connectivity index (χ1) is 10.1. The van der Waals surface area contributed by atoms with Gasteiger partial charge in [-0.2, -0.15) is 5.26 Å². The summed E-state index contributed by atoms with van der Waals surface area (Å²) in [4.78, 5) is 13.3. The van der Waals surface area contributed by atoms with Crippen molar-refractivity contribution < 1.29 is 4.79 Å². The smallest absolute Gasteiger partial charge is 0.249 e. The molecule has 0 atom stereocenters. The Balaban J connectivity index is 2.23. The molecule has 0 unspecified atom stereocenters. The molecule has 0 spiro atoms. The number of benzene rings is 2. The summed E-state index contributed by atoms with van der Waals surface area (Å²) in [6.45, 7) is 1.10. The molecule has 2 aromatic rings. The van der Waals surface area contributed by atoms with E-state index in [4.69, 9.17) is 22.6 Å². The number of nitrogens with two attached hydrogens (primary N) is 1. The van der Waals surface area contributed by atoms with Gasteiger partial charge in [-0.1, -0.05) is 35.9 Å². The molecule has 2 N–H and O–H groups in total. The van der Waals surface area contributed by atoms with Crippen molar-refractivity contribution in [3.8, 4) is 17.3 Å². The van der Waals surface area contributed by atoms with E-state index in [1.165, 1.54) is 0 Å². The first-order valence-electron chi connectivity index (χ1n) is 6.46. The van der Waals surface area contributed by atoms with Crippen LogP contribution >= 0.6 is 11.6 Å². The molecule has 21 heavy (non-hydrogen) atoms. The summed E-state index contributed by atoms with van der Waals surface area (Å²) in [5, 5.41) is 9.55. The quantitative estimate of drug-likeness (QED) is 0.866. The molecule has 0 radical (unpaired) electrons. The van der Waals surface area contributed by atoms with Crippen molar-refractivity contribution in [2.45, 2.75) is 13.1 Å². The zero-order valence-corrected chi connectivity index (χ0v) is 11.9. The molecule has 2 aromatic carbocycles. The van der Waals surface area contributed by atoms with Crippen LogP contribution in [0.2, 0.25) is 5.02 Å². The third kappa shape index (κ3) is 2.22. The van der Waals surface area contributed by atoms with Crippen LogP contribution in [0.4, 0.5) is 0 Å². The number of hydrogen-bond donors (Lipinski definition) is 1. The number of halogens is 1. The van der Waals surface area contributed by atoms with Gasteiger partial charge < -0.3 is 10.6 Å². The molecule has 4 nitrogen and oxygen atoms in total. The van der Waals surface area contributed by atoms with Crippen LogP contribution in [0.1, 0.15) is 21.5 Å². The summed E-state index contributed by atoms with van der Waals surface area (Å²) in [6, 6.07) is 10.9. The molecule has 0 bridgehead atoms. The van der Waals surface area contributed by atoms with Crippen molar-refractivity contribution in [1.82, 2.24) is 4.90 Å². The van der Waals surface area contributed by atoms with Gasteiger partial charge in [0, 0.05) is 16.1 Å². The first-order valence-corrected chi connectivity index (χ1v) is 6.83. The number of nitriles is 1. The molecule has 5 heteroatoms. The second-order valence-electron chi connectivity index (χ2n) is 4.93. The van der Waals surface area contributed by atoms with Gasteiger partial charge in [-0.25, -0.2) is 0 Å². The van der Waals surface area contributed by atoms with Gasteiger partial charge in [-0.05, 0) is 28.8 Å². The van der Waals surface area contributed by atoms with E-state index >= 15 is 0 Å². The van der Waals surface area contributed by atoms with E-state index in [0.29, 0.717) is 29.2 Å². The van der Waals surface area contributed by atoms with Gasteiger partial charge >= 0.3 is 0 Å². The molecule has 1 aliphatic heterocycles. The number of amides is 1. The highest BCUT2D eigenvalue weighted by molar-refractivity contribution is 6.34. The topological polar surface area (TPSA) is 70.1 Å². The maximum Gasteiger partial charge on any atom is 0.249 e. The summed E-state index contributed by atoms with van der Waals surface area (Å²) >= 11 is 6.29. The number of carbonyl (C=O) groups excluding carboxylic acids is 1. The van der Waals surface area contributed by atoms with E-state index in [9.17, 15) is 4.79 Å². The second kappa shape index (κ2) is 5.12. The van der Waals surface area contributed by atoms with Gasteiger partial charge in [0.05, 0.1) is 13.1 Å². The van der Waals surface area contributed by atoms with Crippen LogP contribution in [0, 0.1) is 11.5 Å². The van der Waals surface area contributed by atoms with E-state index in [0.717, 1.165) is 16.7 Å². The Morgan fingerprint density at radius 1 is 1.24 bits per heavy atom. The molecule has 1 amide bonds. The van der Waals surface area contributed by atoms with Gasteiger partial charge in [0.25, 0.3) is 0 Å². The Bertz CT molecular complexity index is 780. The normalized spacial score (nSPS) is 12.9. The Morgan fingerprint density at radius 3 is 2.71 bits per heavy atom. The molecule has 0 fully saturated rings. The lowest BCUT2D eigenvalue weighted by atomic mass is 9.93. The molecule has 0 saturated carbocycles. The highest BCUT2D eigenvalue weighted by Gasteiger charge is 2.24. The third-order valence-electron chi connectivity index (χ3n) is 3.67. The van der Waals surface area contributed by atoms with Crippen molar-refractivity contribution in [2.75, 3.05) is 0 Å². The first kappa shape index (κ1) is 13.5. The zero-order chi connectivity index (χ0) is 15.0. The van der Waals surface area contributed by atoms with Crippen LogP contribution < -0.4 is 5.73 Å². The molecule has 0 saturated heterocycles. The van der Waals surface area contributed by atoms with Crippen molar-refractivity contribution >= 4 is 17.5 Å². The van der Waals surface area contributed by atoms with Crippen molar-refractivity contribution in [3.63, 3.8) is 0 Å². The zero-order valence-electron chi connectivity index (χ0n) is 11.1. The third-order valence-corrected chi connectivity index (χ3v) is 3.99. The van der Waals surface area contributed by atoms with Crippen LogP contribution in [-0.4, -0.2) is 10.8 Å². The van der Waals surface area contributed by atoms with Crippen LogP contribution in [0.25, 0.3) is 11.1 Å². The largest absolute Gasteiger partial charge is 0.366 e. The predicted octanol–water partition coefficient (Wildman–Crippen LogP) is 2.90. The monoisotopic (exact) mass is 297 g/mol. The fourth-order valence-corrected chi connectivity index (χ4v) is 3.01. The molecule has 0 aliphatic carbocycles. The van der Waals surface area contributed by atoms with E-state index < -0.39 is 5.91 Å². The average molecular weight is 298 g/mol. The number of carbonyl (C=O) groups is 1. The van der Waals surface area contributed by atoms with E-state index in [-0.39, 0.29) is 0 Å². The maximum absolute atomic E-state index is 11.7. The van der Waals surface area contributed by atoms with E-state index in [1.807, 2.05) is 18.2 Å². The Hall–Kier alpha value is -2.51. The molecule has 1 heterocycles. The fraction of sp³-hybridized carbons (Fsp3) is 0.125. The highest BCUT2D eigenvalue weighted by Crippen LogP contribution is 2.37. The highest BCUT2D eigenvalue weighted by atomic mass is 35.5. The van der Waals surface area contributed by atoms with Crippen LogP contribution in [0.15, 0.2) is 36.4 Å². The Kier molecular flexibility index (Phi) is 3.28. The molecule has 0 aromatic heterocycles. The SMILES string of the molecule is N#CN1Cc2cccc(-c3c(Cl)cccc3C(N)=O)c2C1. The Morgan fingerprint density at radius 2 is 2.00 bits per heavy atom. The molecular formula is C16H12ClN3O. The van der Waals surface area contributed by atoms with Crippen LogP contribution in [0.3, 0.4) is 0 Å². The van der Waals surface area contributed by atoms with Crippen LogP contribution in [0.5, 0.6) is 0 Å². The summed E-state index contributed by atoms with van der Waals surface area (Å²) in [6.07, 6.45) is 2.15. The molecular weight excluding hydrogens is 286 g/mol. The number of primary amides is 1. The minimum Gasteiger partial charge on any atom is -0.366 e. The lowest BCUT2D eigenvalue weighted by Gasteiger charge is -2.13. The van der Waals surface area contributed by atoms with Gasteiger partial charge in [0.15, 0.2) is 6.19 Å². The van der Waals surface area contributed by atoms with Crippen molar-refractivity contribution in [2.24, 2.45) is 5.73 Å². The van der Waals surface area contributed by atoms with Gasteiger partial charge in [0.2, 0.25) is 5.91 Å². The van der Waals surface area contributed by atoms with Gasteiger partial charge in [-0.3, -0.25) is 4.79 Å². The van der Waals surface area contributed by atoms with Gasteiger partial charge in [0.1, 0.15) is 0 Å². The standard InChI is InChI=1S/C16H12ClN3O/c17-14-6-2-5-12(16(19)21)15(14)11-4-1-3-10-7-20(9-18)8-13(10)11/h1-6H,7-8H2,(H2,19,21). The average Bonchev–Trinajstić information content (AvgIpc) is 2.90. The number of nitrogens with zero attached hydrogens (tertiary/aromatic N) is 2. The number of rotatable bonds is 2. The lowest BCUT2D eigenvalue weighted by molar-refractivity contribution is 0.100. The fourth-order valence-electron chi connectivity index (χ4n) is 2.73. The summed E-state index contributed by atoms with van der Waals surface area (Å²) in [5.41, 5.74) is 9.46. The molecule has 1 aliphatic rings. The second-order valence-corrected chi connectivity index (χ2v) is 5.33. The van der Waals surface area contributed by atoms with E-state index in [2.05, 4.69) is 6.19 Å². The lowest BCUT2D eigenvalue weighted by Crippen LogP contribution is -2.13. The van der Waals surface area contributed by atoms with Crippen LogP contribution in [-0.2, 0) is 13.1 Å². The summed E-state index contributed by atoms with van der Waals surface area (Å²) in [7, 11) is 0. The minimum atomic E-state index is -0.514. The van der Waals surface area contributed by atoms with Crippen molar-refractivity contribution in [3.05, 3.63) is 58.1 Å². The minimum absolute atomic E-state index is 0.395.